The maximum atomic E-state index is 11.7. The van der Waals surface area contributed by atoms with Crippen LogP contribution in [0.25, 0.3) is 0 Å². The number of rotatable bonds is 7. The van der Waals surface area contributed by atoms with Gasteiger partial charge in [0.05, 0.1) is 0 Å². The van der Waals surface area contributed by atoms with Crippen LogP contribution < -0.4 is 5.32 Å². The van der Waals surface area contributed by atoms with Crippen LogP contribution in [0.15, 0.2) is 12.7 Å². The van der Waals surface area contributed by atoms with E-state index in [-0.39, 0.29) is 6.10 Å². The van der Waals surface area contributed by atoms with Crippen LogP contribution >= 0.6 is 0 Å². The highest BCUT2D eigenvalue weighted by Crippen LogP contribution is 2.38. The number of ether oxygens (including phenoxy) is 1. The topological polar surface area (TPSA) is 75.6 Å². The van der Waals surface area contributed by atoms with Gasteiger partial charge in [0, 0.05) is 0 Å². The molecule has 1 rings (SSSR count). The lowest BCUT2D eigenvalue weighted by Gasteiger charge is -2.27. The van der Waals surface area contributed by atoms with Crippen molar-refractivity contribution in [2.75, 3.05) is 0 Å². The number of allylic oxidation sites excluding steroid dienone is 1. The Morgan fingerprint density at radius 3 is 2.65 bits per heavy atom. The summed E-state index contributed by atoms with van der Waals surface area (Å²) in [4.78, 5) is 22.9. The molecule has 1 aliphatic rings. The van der Waals surface area contributed by atoms with Gasteiger partial charge in [-0.15, -0.1) is 6.58 Å². The lowest BCUT2D eigenvalue weighted by molar-refractivity contribution is -0.142. The molecule has 0 aromatic heterocycles. The van der Waals surface area contributed by atoms with Crippen molar-refractivity contribution >= 4 is 12.1 Å². The molecule has 0 saturated heterocycles. The number of hydrogen-bond donors (Lipinski definition) is 2. The molecule has 0 radical (unpaired) electrons. The van der Waals surface area contributed by atoms with Crippen LogP contribution in [0.3, 0.4) is 0 Å². The van der Waals surface area contributed by atoms with Crippen molar-refractivity contribution in [1.29, 1.82) is 0 Å². The van der Waals surface area contributed by atoms with E-state index in [0.717, 1.165) is 25.7 Å². The van der Waals surface area contributed by atoms with Gasteiger partial charge in [0.1, 0.15) is 12.1 Å². The zero-order chi connectivity index (χ0) is 15.3. The molecule has 0 aromatic rings. The summed E-state index contributed by atoms with van der Waals surface area (Å²) in [6, 6.07) is -0.951. The summed E-state index contributed by atoms with van der Waals surface area (Å²) >= 11 is 0. The molecule has 2 N–H and O–H groups in total. The first kappa shape index (κ1) is 16.5. The first-order chi connectivity index (χ1) is 9.25. The molecule has 0 bridgehead atoms. The molecule has 1 amide bonds. The number of alkyl carbamates (subject to hydrolysis) is 1. The van der Waals surface area contributed by atoms with Crippen LogP contribution in [-0.4, -0.2) is 29.3 Å². The van der Waals surface area contributed by atoms with Gasteiger partial charge in [-0.3, -0.25) is 0 Å². The van der Waals surface area contributed by atoms with Gasteiger partial charge in [-0.05, 0) is 37.0 Å². The van der Waals surface area contributed by atoms with E-state index in [1.807, 2.05) is 6.08 Å². The molecular formula is C15H25NO4. The van der Waals surface area contributed by atoms with Gasteiger partial charge in [-0.25, -0.2) is 9.59 Å². The summed E-state index contributed by atoms with van der Waals surface area (Å²) in [5.41, 5.74) is -0.558. The molecule has 5 nitrogen and oxygen atoms in total. The second-order valence-electron chi connectivity index (χ2n) is 6.44. The van der Waals surface area contributed by atoms with E-state index in [1.54, 1.807) is 20.8 Å². The average molecular weight is 283 g/mol. The first-order valence-corrected chi connectivity index (χ1v) is 7.06. The Bertz CT molecular complexity index is 373. The Hall–Kier alpha value is -1.52. The number of unbranched alkanes of at least 4 members (excludes halogenated alkanes) is 1. The van der Waals surface area contributed by atoms with Crippen molar-refractivity contribution in [3.63, 3.8) is 0 Å². The number of aliphatic carboxylic acids is 1. The third-order valence-corrected chi connectivity index (χ3v) is 3.47. The summed E-state index contributed by atoms with van der Waals surface area (Å²) in [6.45, 7) is 8.96. The van der Waals surface area contributed by atoms with Crippen molar-refractivity contribution in [3.05, 3.63) is 12.7 Å². The van der Waals surface area contributed by atoms with E-state index in [9.17, 15) is 9.59 Å². The van der Waals surface area contributed by atoms with Crippen LogP contribution in [0.1, 0.15) is 46.5 Å². The third-order valence-electron chi connectivity index (χ3n) is 3.47. The fraction of sp³-hybridized carbons (Fsp3) is 0.733. The molecule has 1 saturated carbocycles. The Labute approximate surface area is 120 Å². The van der Waals surface area contributed by atoms with E-state index in [1.165, 1.54) is 0 Å². The predicted octanol–water partition coefficient (Wildman–Crippen LogP) is 2.96. The molecule has 0 aliphatic heterocycles. The summed E-state index contributed by atoms with van der Waals surface area (Å²) in [5.74, 6) is -0.633. The lowest BCUT2D eigenvalue weighted by atomic mass is 9.87. The number of carbonyl (C=O) groups excluding carboxylic acids is 1. The number of nitrogens with one attached hydrogen (secondary N) is 1. The van der Waals surface area contributed by atoms with E-state index in [0.29, 0.717) is 5.92 Å². The zero-order valence-electron chi connectivity index (χ0n) is 12.5. The maximum absolute atomic E-state index is 11.7. The quantitative estimate of drug-likeness (QED) is 0.556. The molecule has 0 spiro atoms. The van der Waals surface area contributed by atoms with Gasteiger partial charge >= 0.3 is 12.1 Å². The SMILES string of the molecule is C=CCCCC1CC1OC(=O)NC(C(=O)O)C(C)(C)C. The van der Waals surface area contributed by atoms with Crippen LogP contribution in [0.5, 0.6) is 0 Å². The maximum Gasteiger partial charge on any atom is 0.408 e. The van der Waals surface area contributed by atoms with Crippen molar-refractivity contribution in [2.24, 2.45) is 11.3 Å². The van der Waals surface area contributed by atoms with Gasteiger partial charge in [0.2, 0.25) is 0 Å². The van der Waals surface area contributed by atoms with E-state index < -0.39 is 23.5 Å². The number of carbonyl (C=O) groups is 2. The molecule has 1 fully saturated rings. The molecule has 1 aliphatic carbocycles. The smallest absolute Gasteiger partial charge is 0.408 e. The molecular weight excluding hydrogens is 258 g/mol. The lowest BCUT2D eigenvalue weighted by Crippen LogP contribution is -2.49. The summed E-state index contributed by atoms with van der Waals surface area (Å²) in [5, 5.41) is 11.6. The van der Waals surface area contributed by atoms with Gasteiger partial charge in [-0.2, -0.15) is 0 Å². The van der Waals surface area contributed by atoms with Gasteiger partial charge in [0.25, 0.3) is 0 Å². The minimum atomic E-state index is -1.05. The van der Waals surface area contributed by atoms with E-state index in [2.05, 4.69) is 11.9 Å². The zero-order valence-corrected chi connectivity index (χ0v) is 12.5. The predicted molar refractivity (Wildman–Crippen MR) is 76.4 cm³/mol. The Balaban J connectivity index is 2.34. The number of hydrogen-bond acceptors (Lipinski definition) is 3. The second kappa shape index (κ2) is 6.77. The molecule has 0 aromatic carbocycles. The standard InChI is InChI=1S/C15H25NO4/c1-5-6-7-8-10-9-11(10)20-14(19)16-12(13(17)18)15(2,3)4/h5,10-12H,1,6-9H2,2-4H3,(H,16,19)(H,17,18). The Morgan fingerprint density at radius 1 is 1.50 bits per heavy atom. The van der Waals surface area contributed by atoms with Gasteiger partial charge in [0.15, 0.2) is 0 Å². The highest BCUT2D eigenvalue weighted by Gasteiger charge is 2.41. The number of amides is 1. The van der Waals surface area contributed by atoms with Crippen LogP contribution in [0.4, 0.5) is 4.79 Å². The van der Waals surface area contributed by atoms with Crippen LogP contribution in [0.2, 0.25) is 0 Å². The van der Waals surface area contributed by atoms with Crippen LogP contribution in [-0.2, 0) is 9.53 Å². The van der Waals surface area contributed by atoms with E-state index in [4.69, 9.17) is 9.84 Å². The number of carboxylic acid groups (broad SMARTS) is 1. The normalized spacial score (nSPS) is 22.8. The van der Waals surface area contributed by atoms with Gasteiger partial charge < -0.3 is 15.2 Å². The first-order valence-electron chi connectivity index (χ1n) is 7.06. The molecule has 0 heterocycles. The minimum Gasteiger partial charge on any atom is -0.480 e. The van der Waals surface area contributed by atoms with Crippen molar-refractivity contribution in [3.8, 4) is 0 Å². The highest BCUT2D eigenvalue weighted by atomic mass is 16.6. The fourth-order valence-corrected chi connectivity index (χ4v) is 2.13. The van der Waals surface area contributed by atoms with Crippen LogP contribution in [0, 0.1) is 11.3 Å². The highest BCUT2D eigenvalue weighted by molar-refractivity contribution is 5.80. The van der Waals surface area contributed by atoms with Gasteiger partial charge in [-0.1, -0.05) is 26.8 Å². The molecule has 5 heteroatoms. The largest absolute Gasteiger partial charge is 0.480 e. The molecule has 3 unspecified atom stereocenters. The monoisotopic (exact) mass is 283 g/mol. The molecule has 3 atom stereocenters. The Kier molecular flexibility index (Phi) is 5.60. The molecule has 20 heavy (non-hydrogen) atoms. The molecule has 114 valence electrons. The third kappa shape index (κ3) is 5.23. The number of carboxylic acids is 1. The van der Waals surface area contributed by atoms with Crippen molar-refractivity contribution in [2.45, 2.75) is 58.6 Å². The fourth-order valence-electron chi connectivity index (χ4n) is 2.13. The summed E-state index contributed by atoms with van der Waals surface area (Å²) < 4.78 is 5.24. The van der Waals surface area contributed by atoms with Crippen molar-refractivity contribution < 1.29 is 19.4 Å². The summed E-state index contributed by atoms with van der Waals surface area (Å²) in [7, 11) is 0. The van der Waals surface area contributed by atoms with E-state index >= 15 is 0 Å². The Morgan fingerprint density at radius 2 is 2.15 bits per heavy atom. The minimum absolute atomic E-state index is 0.0609. The van der Waals surface area contributed by atoms with Crippen molar-refractivity contribution in [1.82, 2.24) is 5.32 Å². The average Bonchev–Trinajstić information content (AvgIpc) is 3.03. The second-order valence-corrected chi connectivity index (χ2v) is 6.44. The summed E-state index contributed by atoms with van der Waals surface area (Å²) in [6.07, 6.45) is 5.10.